The van der Waals surface area contributed by atoms with Gasteiger partial charge in [0.1, 0.15) is 0 Å². The van der Waals surface area contributed by atoms with Crippen LogP contribution in [0.15, 0.2) is 24.5 Å². The van der Waals surface area contributed by atoms with Gasteiger partial charge in [0, 0.05) is 32.0 Å². The predicted molar refractivity (Wildman–Crippen MR) is 82.4 cm³/mol. The lowest BCUT2D eigenvalue weighted by atomic mass is 9.92. The Morgan fingerprint density at radius 3 is 2.42 bits per heavy atom. The van der Waals surface area contributed by atoms with Gasteiger partial charge in [-0.25, -0.2) is 0 Å². The van der Waals surface area contributed by atoms with E-state index in [0.29, 0.717) is 5.41 Å². The third-order valence-corrected chi connectivity index (χ3v) is 3.25. The van der Waals surface area contributed by atoms with E-state index < -0.39 is 0 Å². The zero-order valence-corrected chi connectivity index (χ0v) is 12.9. The summed E-state index contributed by atoms with van der Waals surface area (Å²) < 4.78 is 0. The summed E-state index contributed by atoms with van der Waals surface area (Å²) in [7, 11) is 2.19. The largest absolute Gasteiger partial charge is 0.315 e. The summed E-state index contributed by atoms with van der Waals surface area (Å²) in [5.41, 5.74) is 1.79. The molecule has 19 heavy (non-hydrogen) atoms. The Balaban J connectivity index is 2.04. The van der Waals surface area contributed by atoms with Gasteiger partial charge < -0.3 is 10.2 Å². The smallest absolute Gasteiger partial charge is 0.0270 e. The molecule has 0 saturated carbocycles. The summed E-state index contributed by atoms with van der Waals surface area (Å²) in [6, 6.07) is 4.19. The van der Waals surface area contributed by atoms with Crippen LogP contribution in [-0.4, -0.2) is 43.1 Å². The second kappa shape index (κ2) is 8.28. The van der Waals surface area contributed by atoms with Crippen molar-refractivity contribution in [1.82, 2.24) is 15.2 Å². The standard InChI is InChI=1S/C16H29N3/c1-16(2,3)8-11-18-12-14-19(4)13-7-15-5-9-17-10-6-15/h5-6,9-10,18H,7-8,11-14H2,1-4H3. The van der Waals surface area contributed by atoms with Gasteiger partial charge in [-0.1, -0.05) is 20.8 Å². The van der Waals surface area contributed by atoms with Gasteiger partial charge >= 0.3 is 0 Å². The maximum atomic E-state index is 4.04. The van der Waals surface area contributed by atoms with Crippen molar-refractivity contribution in [3.8, 4) is 0 Å². The van der Waals surface area contributed by atoms with Crippen molar-refractivity contribution in [3.63, 3.8) is 0 Å². The quantitative estimate of drug-likeness (QED) is 0.731. The van der Waals surface area contributed by atoms with Crippen molar-refractivity contribution in [1.29, 1.82) is 0 Å². The van der Waals surface area contributed by atoms with Crippen molar-refractivity contribution >= 4 is 0 Å². The van der Waals surface area contributed by atoms with Crippen LogP contribution in [0.2, 0.25) is 0 Å². The number of hydrogen-bond donors (Lipinski definition) is 1. The highest BCUT2D eigenvalue weighted by Gasteiger charge is 2.08. The first-order valence-corrected chi connectivity index (χ1v) is 7.25. The van der Waals surface area contributed by atoms with Gasteiger partial charge in [0.25, 0.3) is 0 Å². The fourth-order valence-electron chi connectivity index (χ4n) is 1.84. The highest BCUT2D eigenvalue weighted by molar-refractivity contribution is 5.09. The molecule has 1 aromatic heterocycles. The molecule has 1 N–H and O–H groups in total. The molecule has 0 radical (unpaired) electrons. The third-order valence-electron chi connectivity index (χ3n) is 3.25. The second-order valence-corrected chi connectivity index (χ2v) is 6.47. The fraction of sp³-hybridized carbons (Fsp3) is 0.688. The Morgan fingerprint density at radius 1 is 1.11 bits per heavy atom. The highest BCUT2D eigenvalue weighted by Crippen LogP contribution is 2.16. The summed E-state index contributed by atoms with van der Waals surface area (Å²) in [6.45, 7) is 11.3. The lowest BCUT2D eigenvalue weighted by molar-refractivity contribution is 0.323. The van der Waals surface area contributed by atoms with E-state index in [2.05, 4.69) is 55.2 Å². The first-order valence-electron chi connectivity index (χ1n) is 7.25. The lowest BCUT2D eigenvalue weighted by Gasteiger charge is -2.20. The normalized spacial score (nSPS) is 12.1. The summed E-state index contributed by atoms with van der Waals surface area (Å²) in [5, 5.41) is 3.52. The molecule has 0 aliphatic heterocycles. The Bertz CT molecular complexity index is 330. The summed E-state index contributed by atoms with van der Waals surface area (Å²) in [5.74, 6) is 0. The molecule has 3 heteroatoms. The van der Waals surface area contributed by atoms with E-state index in [1.165, 1.54) is 12.0 Å². The van der Waals surface area contributed by atoms with Gasteiger partial charge in [-0.2, -0.15) is 0 Å². The molecule has 0 atom stereocenters. The van der Waals surface area contributed by atoms with Crippen molar-refractivity contribution < 1.29 is 0 Å². The van der Waals surface area contributed by atoms with Crippen molar-refractivity contribution in [2.75, 3.05) is 33.2 Å². The minimum atomic E-state index is 0.431. The molecule has 3 nitrogen and oxygen atoms in total. The van der Waals surface area contributed by atoms with Crippen molar-refractivity contribution in [2.24, 2.45) is 5.41 Å². The number of likely N-dealkylation sites (N-methyl/N-ethyl adjacent to an activating group) is 1. The average molecular weight is 263 g/mol. The van der Waals surface area contributed by atoms with Crippen LogP contribution in [0.4, 0.5) is 0 Å². The van der Waals surface area contributed by atoms with Gasteiger partial charge in [0.05, 0.1) is 0 Å². The number of aromatic nitrogens is 1. The maximum Gasteiger partial charge on any atom is 0.0270 e. The van der Waals surface area contributed by atoms with Crippen LogP contribution < -0.4 is 5.32 Å². The van der Waals surface area contributed by atoms with E-state index in [4.69, 9.17) is 0 Å². The molecule has 0 amide bonds. The Hall–Kier alpha value is -0.930. The molecule has 0 bridgehead atoms. The summed E-state index contributed by atoms with van der Waals surface area (Å²) in [4.78, 5) is 6.42. The molecule has 1 heterocycles. The summed E-state index contributed by atoms with van der Waals surface area (Å²) in [6.07, 6.45) is 6.06. The number of nitrogens with one attached hydrogen (secondary N) is 1. The molecular weight excluding hydrogens is 234 g/mol. The van der Waals surface area contributed by atoms with Crippen LogP contribution in [0.1, 0.15) is 32.8 Å². The van der Waals surface area contributed by atoms with Crippen LogP contribution >= 0.6 is 0 Å². The molecular formula is C16H29N3. The molecule has 0 spiro atoms. The van der Waals surface area contributed by atoms with Crippen LogP contribution in [-0.2, 0) is 6.42 Å². The van der Waals surface area contributed by atoms with E-state index in [-0.39, 0.29) is 0 Å². The number of pyridine rings is 1. The van der Waals surface area contributed by atoms with Gasteiger partial charge in [-0.05, 0) is 49.5 Å². The van der Waals surface area contributed by atoms with E-state index in [1.807, 2.05) is 12.4 Å². The topological polar surface area (TPSA) is 28.2 Å². The Morgan fingerprint density at radius 2 is 1.79 bits per heavy atom. The van der Waals surface area contributed by atoms with Gasteiger partial charge in [-0.3, -0.25) is 4.98 Å². The van der Waals surface area contributed by atoms with E-state index >= 15 is 0 Å². The molecule has 0 aliphatic carbocycles. The van der Waals surface area contributed by atoms with Gasteiger partial charge in [0.15, 0.2) is 0 Å². The van der Waals surface area contributed by atoms with Crippen LogP contribution in [0.3, 0.4) is 0 Å². The predicted octanol–water partition coefficient (Wildman–Crippen LogP) is 2.58. The van der Waals surface area contributed by atoms with Crippen molar-refractivity contribution in [2.45, 2.75) is 33.6 Å². The molecule has 0 aromatic carbocycles. The minimum Gasteiger partial charge on any atom is -0.315 e. The molecule has 0 aliphatic rings. The van der Waals surface area contributed by atoms with Crippen LogP contribution in [0, 0.1) is 5.41 Å². The van der Waals surface area contributed by atoms with Crippen LogP contribution in [0.5, 0.6) is 0 Å². The molecule has 108 valence electrons. The molecule has 1 aromatic rings. The third kappa shape index (κ3) is 8.73. The molecule has 1 rings (SSSR count). The molecule has 0 unspecified atom stereocenters. The van der Waals surface area contributed by atoms with Crippen LogP contribution in [0.25, 0.3) is 0 Å². The zero-order valence-electron chi connectivity index (χ0n) is 12.9. The highest BCUT2D eigenvalue weighted by atomic mass is 15.1. The Labute approximate surface area is 118 Å². The first-order chi connectivity index (χ1) is 8.97. The monoisotopic (exact) mass is 263 g/mol. The second-order valence-electron chi connectivity index (χ2n) is 6.47. The minimum absolute atomic E-state index is 0.431. The number of nitrogens with zero attached hydrogens (tertiary/aromatic N) is 2. The SMILES string of the molecule is CN(CCNCCC(C)(C)C)CCc1ccncc1. The average Bonchev–Trinajstić information content (AvgIpc) is 2.36. The maximum absolute atomic E-state index is 4.04. The Kier molecular flexibility index (Phi) is 7.03. The van der Waals surface area contributed by atoms with Crippen molar-refractivity contribution in [3.05, 3.63) is 30.1 Å². The summed E-state index contributed by atoms with van der Waals surface area (Å²) >= 11 is 0. The number of rotatable bonds is 8. The van der Waals surface area contributed by atoms with E-state index in [0.717, 1.165) is 32.6 Å². The van der Waals surface area contributed by atoms with Gasteiger partial charge in [-0.15, -0.1) is 0 Å². The lowest BCUT2D eigenvalue weighted by Crippen LogP contribution is -2.32. The zero-order chi connectivity index (χ0) is 14.1. The first kappa shape index (κ1) is 16.1. The molecule has 0 fully saturated rings. The molecule has 0 saturated heterocycles. The van der Waals surface area contributed by atoms with Gasteiger partial charge in [0.2, 0.25) is 0 Å². The number of hydrogen-bond acceptors (Lipinski definition) is 3. The fourth-order valence-corrected chi connectivity index (χ4v) is 1.84. The van der Waals surface area contributed by atoms with E-state index in [9.17, 15) is 0 Å². The van der Waals surface area contributed by atoms with E-state index in [1.54, 1.807) is 0 Å².